The van der Waals surface area contributed by atoms with E-state index in [1.165, 1.54) is 13.3 Å². The molecule has 2 rings (SSSR count). The van der Waals surface area contributed by atoms with Crippen LogP contribution < -0.4 is 14.9 Å². The highest BCUT2D eigenvalue weighted by Gasteiger charge is 2.10. The van der Waals surface area contributed by atoms with Crippen molar-refractivity contribution in [2.75, 3.05) is 13.7 Å². The number of halogens is 1. The van der Waals surface area contributed by atoms with E-state index in [4.69, 9.17) is 15.9 Å². The number of nitrogens with one attached hydrogen (secondary N) is 1. The lowest BCUT2D eigenvalue weighted by Crippen LogP contribution is -2.18. The predicted octanol–water partition coefficient (Wildman–Crippen LogP) is 3.23. The van der Waals surface area contributed by atoms with Crippen LogP contribution >= 0.6 is 15.9 Å². The monoisotopic (exact) mass is 386 g/mol. The van der Waals surface area contributed by atoms with Crippen molar-refractivity contribution in [2.45, 2.75) is 0 Å². The van der Waals surface area contributed by atoms with Crippen molar-refractivity contribution in [2.24, 2.45) is 5.10 Å². The van der Waals surface area contributed by atoms with Crippen molar-refractivity contribution < 1.29 is 14.3 Å². The first-order valence-electron chi connectivity index (χ1n) is 6.98. The van der Waals surface area contributed by atoms with Crippen LogP contribution in [0, 0.1) is 12.3 Å². The molecule has 5 nitrogen and oxygen atoms in total. The molecule has 0 heterocycles. The number of hydrazone groups is 1. The van der Waals surface area contributed by atoms with Crippen LogP contribution in [0.2, 0.25) is 0 Å². The first-order chi connectivity index (χ1) is 11.7. The summed E-state index contributed by atoms with van der Waals surface area (Å²) in [7, 11) is 1.51. The normalized spacial score (nSPS) is 10.2. The summed E-state index contributed by atoms with van der Waals surface area (Å²) in [6.07, 6.45) is 6.69. The number of hydrogen-bond donors (Lipinski definition) is 1. The number of rotatable bonds is 6. The van der Waals surface area contributed by atoms with Crippen molar-refractivity contribution in [1.29, 1.82) is 0 Å². The lowest BCUT2D eigenvalue weighted by molar-refractivity contribution is 0.0952. The predicted molar refractivity (Wildman–Crippen MR) is 96.5 cm³/mol. The molecule has 0 aliphatic carbocycles. The second-order valence-electron chi connectivity index (χ2n) is 4.57. The minimum atomic E-state index is -0.371. The van der Waals surface area contributed by atoms with E-state index in [0.29, 0.717) is 22.6 Å². The maximum Gasteiger partial charge on any atom is 0.275 e. The molecule has 0 atom stereocenters. The van der Waals surface area contributed by atoms with Gasteiger partial charge < -0.3 is 9.47 Å². The third-order valence-corrected chi connectivity index (χ3v) is 3.50. The lowest BCUT2D eigenvalue weighted by Gasteiger charge is -2.07. The molecule has 0 radical (unpaired) electrons. The van der Waals surface area contributed by atoms with Gasteiger partial charge in [0.05, 0.1) is 18.9 Å². The fourth-order valence-electron chi connectivity index (χ4n) is 1.92. The number of para-hydroxylation sites is 1. The molecule has 1 amide bonds. The molecule has 0 saturated carbocycles. The molecule has 0 aliphatic heterocycles. The summed E-state index contributed by atoms with van der Waals surface area (Å²) in [5, 5.41) is 3.97. The molecule has 0 unspecified atom stereocenters. The van der Waals surface area contributed by atoms with Gasteiger partial charge in [-0.15, -0.1) is 6.42 Å². The molecule has 6 heteroatoms. The first-order valence-corrected chi connectivity index (χ1v) is 7.77. The highest BCUT2D eigenvalue weighted by atomic mass is 79.9. The summed E-state index contributed by atoms with van der Waals surface area (Å²) in [6, 6.07) is 12.3. The molecule has 0 saturated heterocycles. The lowest BCUT2D eigenvalue weighted by atomic mass is 10.2. The van der Waals surface area contributed by atoms with Crippen LogP contribution in [0.25, 0.3) is 0 Å². The molecular formula is C18H15BrN2O3. The molecule has 0 aliphatic rings. The number of methoxy groups -OCH3 is 1. The van der Waals surface area contributed by atoms with Gasteiger partial charge in [0.25, 0.3) is 5.91 Å². The van der Waals surface area contributed by atoms with Gasteiger partial charge in [0, 0.05) is 10.0 Å². The van der Waals surface area contributed by atoms with Crippen molar-refractivity contribution in [3.05, 3.63) is 58.1 Å². The third-order valence-electron chi connectivity index (χ3n) is 3.00. The molecule has 2 aromatic rings. The number of ether oxygens (including phenoxy) is 2. The van der Waals surface area contributed by atoms with Gasteiger partial charge >= 0.3 is 0 Å². The molecular weight excluding hydrogens is 372 g/mol. The minimum Gasteiger partial charge on any atom is -0.496 e. The van der Waals surface area contributed by atoms with Crippen LogP contribution in [-0.4, -0.2) is 25.8 Å². The van der Waals surface area contributed by atoms with E-state index in [9.17, 15) is 4.79 Å². The van der Waals surface area contributed by atoms with Crippen molar-refractivity contribution in [3.8, 4) is 23.8 Å². The van der Waals surface area contributed by atoms with Gasteiger partial charge in [-0.1, -0.05) is 34.0 Å². The quantitative estimate of drug-likeness (QED) is 0.470. The van der Waals surface area contributed by atoms with E-state index in [-0.39, 0.29) is 12.5 Å². The SMILES string of the molecule is C#CCOc1ccc(Br)cc1/C=N/NC(=O)c1ccccc1OC. The van der Waals surface area contributed by atoms with E-state index < -0.39 is 0 Å². The maximum absolute atomic E-state index is 12.2. The zero-order valence-electron chi connectivity index (χ0n) is 13.0. The van der Waals surface area contributed by atoms with E-state index in [2.05, 4.69) is 32.4 Å². The van der Waals surface area contributed by atoms with Crippen molar-refractivity contribution >= 4 is 28.1 Å². The van der Waals surface area contributed by atoms with Crippen LogP contribution in [0.1, 0.15) is 15.9 Å². The Labute approximate surface area is 148 Å². The number of nitrogens with zero attached hydrogens (tertiary/aromatic N) is 1. The van der Waals surface area contributed by atoms with E-state index in [1.807, 2.05) is 12.1 Å². The molecule has 0 fully saturated rings. The molecule has 24 heavy (non-hydrogen) atoms. The summed E-state index contributed by atoms with van der Waals surface area (Å²) in [4.78, 5) is 12.2. The van der Waals surface area contributed by atoms with Crippen LogP contribution in [0.4, 0.5) is 0 Å². The Bertz CT molecular complexity index is 797. The Morgan fingerprint density at radius 2 is 2.12 bits per heavy atom. The van der Waals surface area contributed by atoms with E-state index in [1.54, 1.807) is 30.3 Å². The number of amides is 1. The average Bonchev–Trinajstić information content (AvgIpc) is 2.61. The van der Waals surface area contributed by atoms with Crippen LogP contribution in [0.3, 0.4) is 0 Å². The van der Waals surface area contributed by atoms with Gasteiger partial charge in [-0.3, -0.25) is 4.79 Å². The highest BCUT2D eigenvalue weighted by Crippen LogP contribution is 2.22. The molecule has 122 valence electrons. The van der Waals surface area contributed by atoms with Gasteiger partial charge in [0.1, 0.15) is 18.1 Å². The summed E-state index contributed by atoms with van der Waals surface area (Å²) in [5.74, 6) is 3.09. The summed E-state index contributed by atoms with van der Waals surface area (Å²) in [5.41, 5.74) is 3.54. The Kier molecular flexibility index (Phi) is 6.41. The topological polar surface area (TPSA) is 59.9 Å². The number of terminal acetylenes is 1. The average molecular weight is 387 g/mol. The molecule has 0 spiro atoms. The second-order valence-corrected chi connectivity index (χ2v) is 5.49. The van der Waals surface area contributed by atoms with E-state index >= 15 is 0 Å². The zero-order chi connectivity index (χ0) is 17.4. The largest absolute Gasteiger partial charge is 0.496 e. The first kappa shape index (κ1) is 17.6. The Morgan fingerprint density at radius 1 is 1.33 bits per heavy atom. The Morgan fingerprint density at radius 3 is 2.88 bits per heavy atom. The summed E-state index contributed by atoms with van der Waals surface area (Å²) in [6.45, 7) is 0.149. The Hall–Kier alpha value is -2.78. The van der Waals surface area contributed by atoms with E-state index in [0.717, 1.165) is 4.47 Å². The van der Waals surface area contributed by atoms with Gasteiger partial charge in [0.15, 0.2) is 0 Å². The number of carbonyl (C=O) groups is 1. The minimum absolute atomic E-state index is 0.149. The number of benzene rings is 2. The molecule has 0 bridgehead atoms. The highest BCUT2D eigenvalue weighted by molar-refractivity contribution is 9.10. The fraction of sp³-hybridized carbons (Fsp3) is 0.111. The van der Waals surface area contributed by atoms with Crippen LogP contribution in [0.5, 0.6) is 11.5 Å². The summed E-state index contributed by atoms with van der Waals surface area (Å²) < 4.78 is 11.4. The van der Waals surface area contributed by atoms with Gasteiger partial charge in [-0.2, -0.15) is 5.10 Å². The smallest absolute Gasteiger partial charge is 0.275 e. The van der Waals surface area contributed by atoms with Gasteiger partial charge in [-0.05, 0) is 30.3 Å². The summed E-state index contributed by atoms with van der Waals surface area (Å²) >= 11 is 3.38. The number of carbonyl (C=O) groups excluding carboxylic acids is 1. The van der Waals surface area contributed by atoms with Crippen LogP contribution in [-0.2, 0) is 0 Å². The second kappa shape index (κ2) is 8.75. The van der Waals surface area contributed by atoms with Gasteiger partial charge in [0.2, 0.25) is 0 Å². The Balaban J connectivity index is 2.12. The van der Waals surface area contributed by atoms with Crippen LogP contribution in [0.15, 0.2) is 52.0 Å². The van der Waals surface area contributed by atoms with Crippen molar-refractivity contribution in [3.63, 3.8) is 0 Å². The molecule has 1 N–H and O–H groups in total. The van der Waals surface area contributed by atoms with Gasteiger partial charge in [-0.25, -0.2) is 5.43 Å². The maximum atomic E-state index is 12.2. The standard InChI is InChI=1S/C18H15BrN2O3/c1-3-10-24-16-9-8-14(19)11-13(16)12-20-21-18(22)15-6-4-5-7-17(15)23-2/h1,4-9,11-12H,10H2,2H3,(H,21,22)/b20-12+. The fourth-order valence-corrected chi connectivity index (χ4v) is 2.30. The molecule has 2 aromatic carbocycles. The zero-order valence-corrected chi connectivity index (χ0v) is 14.5. The van der Waals surface area contributed by atoms with Crippen molar-refractivity contribution in [1.82, 2.24) is 5.43 Å². The third kappa shape index (κ3) is 4.61. The molecule has 0 aromatic heterocycles. The number of hydrogen-bond acceptors (Lipinski definition) is 4.